The highest BCUT2D eigenvalue weighted by Crippen LogP contribution is 2.15. The van der Waals surface area contributed by atoms with Crippen molar-refractivity contribution in [3.8, 4) is 0 Å². The maximum Gasteiger partial charge on any atom is 0.0800 e. The second-order valence-electron chi connectivity index (χ2n) is 7.24. The van der Waals surface area contributed by atoms with E-state index in [1.165, 1.54) is 64.2 Å². The molecule has 0 spiro atoms. The Balaban J connectivity index is 3.26. The highest BCUT2D eigenvalue weighted by molar-refractivity contribution is 4.68. The van der Waals surface area contributed by atoms with Crippen LogP contribution in [0.25, 0.3) is 0 Å². The molecule has 140 valence electrons. The summed E-state index contributed by atoms with van der Waals surface area (Å²) in [5, 5.41) is 28.8. The van der Waals surface area contributed by atoms with Gasteiger partial charge in [-0.2, -0.15) is 0 Å². The molecule has 0 bridgehead atoms. The largest absolute Gasteiger partial charge is 0.393 e. The number of aliphatic hydroxyl groups is 3. The monoisotopic (exact) mass is 330 g/mol. The fourth-order valence-corrected chi connectivity index (χ4v) is 2.99. The van der Waals surface area contributed by atoms with E-state index in [1.54, 1.807) is 6.92 Å². The molecule has 0 aromatic rings. The first kappa shape index (κ1) is 22.9. The van der Waals surface area contributed by atoms with Gasteiger partial charge in [0.2, 0.25) is 0 Å². The predicted octanol–water partition coefficient (Wildman–Crippen LogP) is 4.96. The summed E-state index contributed by atoms with van der Waals surface area (Å²) in [5.41, 5.74) is 0. The van der Waals surface area contributed by atoms with Crippen LogP contribution in [0.4, 0.5) is 0 Å². The molecule has 0 saturated carbocycles. The number of unbranched alkanes of at least 4 members (excludes halogenated alkanes) is 11. The maximum atomic E-state index is 9.86. The van der Waals surface area contributed by atoms with Gasteiger partial charge in [-0.05, 0) is 26.2 Å². The molecule has 0 amide bonds. The van der Waals surface area contributed by atoms with Crippen molar-refractivity contribution >= 4 is 0 Å². The van der Waals surface area contributed by atoms with Crippen LogP contribution in [0.1, 0.15) is 110 Å². The molecular formula is C20H42O3. The van der Waals surface area contributed by atoms with E-state index in [4.69, 9.17) is 0 Å². The molecule has 0 heterocycles. The van der Waals surface area contributed by atoms with Crippen LogP contribution >= 0.6 is 0 Å². The Morgan fingerprint density at radius 2 is 0.913 bits per heavy atom. The molecule has 0 aliphatic carbocycles. The minimum Gasteiger partial charge on any atom is -0.393 e. The zero-order valence-electron chi connectivity index (χ0n) is 15.7. The van der Waals surface area contributed by atoms with E-state index in [0.717, 1.165) is 12.8 Å². The summed E-state index contributed by atoms with van der Waals surface area (Å²) in [4.78, 5) is 0. The molecule has 0 fully saturated rings. The first-order chi connectivity index (χ1) is 11.1. The van der Waals surface area contributed by atoms with E-state index in [0.29, 0.717) is 19.3 Å². The third kappa shape index (κ3) is 16.5. The topological polar surface area (TPSA) is 60.7 Å². The zero-order chi connectivity index (χ0) is 17.3. The molecule has 3 atom stereocenters. The van der Waals surface area contributed by atoms with Crippen molar-refractivity contribution < 1.29 is 15.3 Å². The molecule has 0 rings (SSSR count). The van der Waals surface area contributed by atoms with Gasteiger partial charge in [0.1, 0.15) is 0 Å². The van der Waals surface area contributed by atoms with Gasteiger partial charge in [-0.1, -0.05) is 84.0 Å². The smallest absolute Gasteiger partial charge is 0.0800 e. The first-order valence-corrected chi connectivity index (χ1v) is 10.1. The summed E-state index contributed by atoms with van der Waals surface area (Å²) in [7, 11) is 0. The van der Waals surface area contributed by atoms with E-state index in [9.17, 15) is 15.3 Å². The van der Waals surface area contributed by atoms with Crippen molar-refractivity contribution in [1.82, 2.24) is 0 Å². The van der Waals surface area contributed by atoms with Crippen molar-refractivity contribution in [3.05, 3.63) is 0 Å². The van der Waals surface area contributed by atoms with Crippen molar-refractivity contribution in [2.24, 2.45) is 0 Å². The summed E-state index contributed by atoms with van der Waals surface area (Å²) in [5.74, 6) is 0. The lowest BCUT2D eigenvalue weighted by Crippen LogP contribution is -2.26. The summed E-state index contributed by atoms with van der Waals surface area (Å²) in [6.07, 6.45) is 15.7. The molecule has 0 aliphatic rings. The Morgan fingerprint density at radius 1 is 0.522 bits per heavy atom. The summed E-state index contributed by atoms with van der Waals surface area (Å²) in [6, 6.07) is 0. The highest BCUT2D eigenvalue weighted by atomic mass is 16.3. The fraction of sp³-hybridized carbons (Fsp3) is 1.00. The third-order valence-corrected chi connectivity index (χ3v) is 4.68. The average molecular weight is 331 g/mol. The lowest BCUT2D eigenvalue weighted by Gasteiger charge is -2.18. The van der Waals surface area contributed by atoms with Crippen molar-refractivity contribution in [2.75, 3.05) is 0 Å². The quantitative estimate of drug-likeness (QED) is 0.330. The van der Waals surface area contributed by atoms with Crippen LogP contribution in [-0.2, 0) is 0 Å². The molecule has 0 radical (unpaired) electrons. The molecular weight excluding hydrogens is 288 g/mol. The minimum absolute atomic E-state index is 0.400. The van der Waals surface area contributed by atoms with Crippen LogP contribution in [0, 0.1) is 0 Å². The number of aliphatic hydroxyl groups excluding tert-OH is 3. The third-order valence-electron chi connectivity index (χ3n) is 4.68. The Hall–Kier alpha value is -0.120. The van der Waals surface area contributed by atoms with Gasteiger partial charge in [0, 0.05) is 0 Å². The molecule has 3 unspecified atom stereocenters. The van der Waals surface area contributed by atoms with Crippen molar-refractivity contribution in [3.63, 3.8) is 0 Å². The van der Waals surface area contributed by atoms with Crippen LogP contribution in [0.5, 0.6) is 0 Å². The molecule has 3 heteroatoms. The van der Waals surface area contributed by atoms with Crippen molar-refractivity contribution in [2.45, 2.75) is 128 Å². The maximum absolute atomic E-state index is 9.86. The van der Waals surface area contributed by atoms with Crippen LogP contribution in [0.3, 0.4) is 0 Å². The normalized spacial score (nSPS) is 15.5. The van der Waals surface area contributed by atoms with E-state index < -0.39 is 18.3 Å². The van der Waals surface area contributed by atoms with Crippen LogP contribution in [0.2, 0.25) is 0 Å². The second kappa shape index (κ2) is 16.7. The molecule has 3 nitrogen and oxygen atoms in total. The lowest BCUT2D eigenvalue weighted by molar-refractivity contribution is 0.00129. The second-order valence-corrected chi connectivity index (χ2v) is 7.24. The highest BCUT2D eigenvalue weighted by Gasteiger charge is 2.16. The molecule has 0 aliphatic heterocycles. The predicted molar refractivity (Wildman–Crippen MR) is 98.6 cm³/mol. The first-order valence-electron chi connectivity index (χ1n) is 10.1. The van der Waals surface area contributed by atoms with Crippen molar-refractivity contribution in [1.29, 1.82) is 0 Å². The van der Waals surface area contributed by atoms with Gasteiger partial charge < -0.3 is 15.3 Å². The SMILES string of the molecule is CCCCCCCCCCCCCCC(O)C(O)CCC(C)O. The molecule has 3 N–H and O–H groups in total. The van der Waals surface area contributed by atoms with Gasteiger partial charge in [0.25, 0.3) is 0 Å². The summed E-state index contributed by atoms with van der Waals surface area (Å²) >= 11 is 0. The summed E-state index contributed by atoms with van der Waals surface area (Å²) in [6.45, 7) is 3.97. The standard InChI is InChI=1S/C20H42O3/c1-3-4-5-6-7-8-9-10-11-12-13-14-15-19(22)20(23)17-16-18(2)21/h18-23H,3-17H2,1-2H3. The Kier molecular flexibility index (Phi) is 16.6. The van der Waals surface area contributed by atoms with E-state index in [1.807, 2.05) is 0 Å². The van der Waals surface area contributed by atoms with E-state index in [-0.39, 0.29) is 0 Å². The van der Waals surface area contributed by atoms with Gasteiger partial charge in [-0.25, -0.2) is 0 Å². The van der Waals surface area contributed by atoms with Gasteiger partial charge in [-0.15, -0.1) is 0 Å². The number of rotatable bonds is 17. The Bertz CT molecular complexity index is 231. The van der Waals surface area contributed by atoms with Gasteiger partial charge in [0.05, 0.1) is 18.3 Å². The Labute approximate surface area is 144 Å². The lowest BCUT2D eigenvalue weighted by atomic mass is 10.00. The molecule has 0 aromatic heterocycles. The van der Waals surface area contributed by atoms with Crippen LogP contribution < -0.4 is 0 Å². The zero-order valence-corrected chi connectivity index (χ0v) is 15.7. The fourth-order valence-electron chi connectivity index (χ4n) is 2.99. The minimum atomic E-state index is -0.683. The molecule has 0 aromatic carbocycles. The van der Waals surface area contributed by atoms with Crippen LogP contribution in [-0.4, -0.2) is 33.6 Å². The average Bonchev–Trinajstić information content (AvgIpc) is 2.53. The number of hydrogen-bond acceptors (Lipinski definition) is 3. The van der Waals surface area contributed by atoms with Gasteiger partial charge in [0.15, 0.2) is 0 Å². The van der Waals surface area contributed by atoms with Gasteiger partial charge in [-0.3, -0.25) is 0 Å². The van der Waals surface area contributed by atoms with E-state index in [2.05, 4.69) is 6.92 Å². The molecule has 0 saturated heterocycles. The Morgan fingerprint density at radius 3 is 1.35 bits per heavy atom. The summed E-state index contributed by atoms with van der Waals surface area (Å²) < 4.78 is 0. The molecule has 23 heavy (non-hydrogen) atoms. The van der Waals surface area contributed by atoms with Crippen LogP contribution in [0.15, 0.2) is 0 Å². The van der Waals surface area contributed by atoms with E-state index >= 15 is 0 Å². The van der Waals surface area contributed by atoms with Gasteiger partial charge >= 0.3 is 0 Å². The number of hydrogen-bond donors (Lipinski definition) is 3.